The highest BCUT2D eigenvalue weighted by molar-refractivity contribution is 5.02. The summed E-state index contributed by atoms with van der Waals surface area (Å²) in [5, 5.41) is 9.26. The lowest BCUT2D eigenvalue weighted by atomic mass is 9.49. The first-order valence-corrected chi connectivity index (χ1v) is 8.58. The highest BCUT2D eigenvalue weighted by Crippen LogP contribution is 2.60. The molecule has 0 aromatic rings. The Bertz CT molecular complexity index is 297. The van der Waals surface area contributed by atoms with Crippen molar-refractivity contribution in [3.8, 4) is 0 Å². The van der Waals surface area contributed by atoms with Crippen LogP contribution in [0.4, 0.5) is 0 Å². The van der Waals surface area contributed by atoms with Gasteiger partial charge in [-0.2, -0.15) is 0 Å². The van der Waals surface area contributed by atoms with Crippen LogP contribution in [0.5, 0.6) is 0 Å². The van der Waals surface area contributed by atoms with E-state index in [0.29, 0.717) is 17.9 Å². The molecule has 1 N–H and O–H groups in total. The first kappa shape index (κ1) is 12.6. The molecule has 5 aliphatic rings. The Hall–Kier alpha value is -0.0800. The predicted octanol–water partition coefficient (Wildman–Crippen LogP) is 2.91. The monoisotopic (exact) mass is 263 g/mol. The average molecular weight is 263 g/mol. The second kappa shape index (κ2) is 4.73. The molecule has 2 nitrogen and oxygen atoms in total. The number of hydrogen-bond donors (Lipinski definition) is 1. The molecule has 4 aliphatic carbocycles. The van der Waals surface area contributed by atoms with Gasteiger partial charge in [-0.1, -0.05) is 0 Å². The fraction of sp³-hybridized carbons (Fsp3) is 1.00. The lowest BCUT2D eigenvalue weighted by Gasteiger charge is -2.58. The summed E-state index contributed by atoms with van der Waals surface area (Å²) in [5.41, 5.74) is 0.709. The second-order valence-electron chi connectivity index (χ2n) is 8.32. The zero-order valence-corrected chi connectivity index (χ0v) is 12.2. The molecule has 0 unspecified atom stereocenters. The minimum absolute atomic E-state index is 0.408. The Morgan fingerprint density at radius 1 is 0.895 bits per heavy atom. The summed E-state index contributed by atoms with van der Waals surface area (Å²) in [6.45, 7) is 4.28. The fourth-order valence-electron chi connectivity index (χ4n) is 6.29. The minimum atomic E-state index is 0.408. The van der Waals surface area contributed by atoms with Gasteiger partial charge in [0.2, 0.25) is 0 Å². The van der Waals surface area contributed by atoms with Gasteiger partial charge < -0.3 is 10.0 Å². The molecule has 4 saturated carbocycles. The van der Waals surface area contributed by atoms with E-state index in [1.54, 1.807) is 38.5 Å². The van der Waals surface area contributed by atoms with Crippen molar-refractivity contribution in [2.45, 2.75) is 51.4 Å². The Morgan fingerprint density at radius 3 is 1.89 bits per heavy atom. The normalized spacial score (nSPS) is 46.9. The van der Waals surface area contributed by atoms with Crippen LogP contribution in [0.15, 0.2) is 0 Å². The maximum absolute atomic E-state index is 9.26. The standard InChI is InChI=1S/C17H29NO/c19-11-13-1-3-18(4-2-13)12-17-8-14-5-15(9-17)7-16(6-14)10-17/h13-16,19H,1-12H2. The number of piperidine rings is 1. The van der Waals surface area contributed by atoms with Gasteiger partial charge in [0.25, 0.3) is 0 Å². The zero-order valence-electron chi connectivity index (χ0n) is 12.2. The largest absolute Gasteiger partial charge is 0.396 e. The van der Waals surface area contributed by atoms with E-state index >= 15 is 0 Å². The summed E-state index contributed by atoms with van der Waals surface area (Å²) < 4.78 is 0. The molecular formula is C17H29NO. The topological polar surface area (TPSA) is 23.5 Å². The lowest BCUT2D eigenvalue weighted by molar-refractivity contribution is -0.0730. The van der Waals surface area contributed by atoms with E-state index in [9.17, 15) is 5.11 Å². The molecule has 0 aromatic heterocycles. The number of aliphatic hydroxyl groups excluding tert-OH is 1. The van der Waals surface area contributed by atoms with Gasteiger partial charge in [-0.15, -0.1) is 0 Å². The van der Waals surface area contributed by atoms with Gasteiger partial charge in [-0.25, -0.2) is 0 Å². The minimum Gasteiger partial charge on any atom is -0.396 e. The van der Waals surface area contributed by atoms with Gasteiger partial charge >= 0.3 is 0 Å². The van der Waals surface area contributed by atoms with Crippen LogP contribution in [-0.4, -0.2) is 36.2 Å². The van der Waals surface area contributed by atoms with E-state index < -0.39 is 0 Å². The van der Waals surface area contributed by atoms with Crippen molar-refractivity contribution < 1.29 is 5.11 Å². The molecule has 108 valence electrons. The van der Waals surface area contributed by atoms with E-state index in [-0.39, 0.29) is 0 Å². The van der Waals surface area contributed by atoms with E-state index in [0.717, 1.165) is 17.8 Å². The van der Waals surface area contributed by atoms with E-state index in [4.69, 9.17) is 0 Å². The molecule has 1 aliphatic heterocycles. The fourth-order valence-corrected chi connectivity index (χ4v) is 6.29. The van der Waals surface area contributed by atoms with Crippen LogP contribution in [-0.2, 0) is 0 Å². The summed E-state index contributed by atoms with van der Waals surface area (Å²) in [5.74, 6) is 3.84. The quantitative estimate of drug-likeness (QED) is 0.846. The van der Waals surface area contributed by atoms with Gasteiger partial charge in [0.05, 0.1) is 0 Å². The van der Waals surface area contributed by atoms with Crippen molar-refractivity contribution in [3.63, 3.8) is 0 Å². The van der Waals surface area contributed by atoms with Crippen molar-refractivity contribution in [1.82, 2.24) is 4.90 Å². The summed E-state index contributed by atoms with van der Waals surface area (Å²) in [4.78, 5) is 2.74. The average Bonchev–Trinajstić information content (AvgIpc) is 2.37. The lowest BCUT2D eigenvalue weighted by Crippen LogP contribution is -2.52. The Kier molecular flexibility index (Phi) is 3.15. The third-order valence-corrected chi connectivity index (χ3v) is 6.69. The number of rotatable bonds is 3. The Balaban J connectivity index is 1.40. The van der Waals surface area contributed by atoms with Gasteiger partial charge in [0.15, 0.2) is 0 Å². The molecule has 1 heterocycles. The SMILES string of the molecule is OCC1CCN(CC23CC4CC(CC(C4)C2)C3)CC1. The molecular weight excluding hydrogens is 234 g/mol. The van der Waals surface area contributed by atoms with E-state index in [1.807, 2.05) is 0 Å². The smallest absolute Gasteiger partial charge is 0.0460 e. The maximum Gasteiger partial charge on any atom is 0.0460 e. The second-order valence-corrected chi connectivity index (χ2v) is 8.32. The van der Waals surface area contributed by atoms with Crippen LogP contribution >= 0.6 is 0 Å². The zero-order chi connectivity index (χ0) is 12.9. The highest BCUT2D eigenvalue weighted by Gasteiger charge is 2.51. The molecule has 2 heteroatoms. The summed E-state index contributed by atoms with van der Waals surface area (Å²) in [6, 6.07) is 0. The van der Waals surface area contributed by atoms with Crippen LogP contribution in [0.25, 0.3) is 0 Å². The number of nitrogens with zero attached hydrogens (tertiary/aromatic N) is 1. The van der Waals surface area contributed by atoms with E-state index in [1.165, 1.54) is 32.5 Å². The van der Waals surface area contributed by atoms with Gasteiger partial charge in [-0.3, -0.25) is 0 Å². The van der Waals surface area contributed by atoms with E-state index in [2.05, 4.69) is 4.90 Å². The predicted molar refractivity (Wildman–Crippen MR) is 76.9 cm³/mol. The molecule has 19 heavy (non-hydrogen) atoms. The molecule has 4 bridgehead atoms. The molecule has 0 amide bonds. The van der Waals surface area contributed by atoms with Crippen molar-refractivity contribution >= 4 is 0 Å². The van der Waals surface area contributed by atoms with Crippen molar-refractivity contribution in [2.75, 3.05) is 26.2 Å². The Labute approximate surface area is 117 Å². The van der Waals surface area contributed by atoms with Crippen LogP contribution < -0.4 is 0 Å². The first-order chi connectivity index (χ1) is 9.25. The summed E-state index contributed by atoms with van der Waals surface area (Å²) in [6.07, 6.45) is 11.8. The van der Waals surface area contributed by atoms with Gasteiger partial charge in [0, 0.05) is 13.2 Å². The van der Waals surface area contributed by atoms with Crippen molar-refractivity contribution in [1.29, 1.82) is 0 Å². The molecule has 0 spiro atoms. The van der Waals surface area contributed by atoms with Crippen molar-refractivity contribution in [2.24, 2.45) is 29.1 Å². The van der Waals surface area contributed by atoms with Crippen molar-refractivity contribution in [3.05, 3.63) is 0 Å². The number of hydrogen-bond acceptors (Lipinski definition) is 2. The highest BCUT2D eigenvalue weighted by atomic mass is 16.3. The van der Waals surface area contributed by atoms with Gasteiger partial charge in [-0.05, 0) is 93.5 Å². The first-order valence-electron chi connectivity index (χ1n) is 8.58. The summed E-state index contributed by atoms with van der Waals surface area (Å²) >= 11 is 0. The molecule has 0 aromatic carbocycles. The van der Waals surface area contributed by atoms with Crippen LogP contribution in [0, 0.1) is 29.1 Å². The third-order valence-electron chi connectivity index (χ3n) is 6.69. The molecule has 0 radical (unpaired) electrons. The third kappa shape index (κ3) is 2.35. The number of likely N-dealkylation sites (tertiary alicyclic amines) is 1. The number of aliphatic hydroxyl groups is 1. The molecule has 1 saturated heterocycles. The van der Waals surface area contributed by atoms with Gasteiger partial charge in [0.1, 0.15) is 0 Å². The molecule has 5 rings (SSSR count). The molecule has 5 fully saturated rings. The Morgan fingerprint density at radius 2 is 1.42 bits per heavy atom. The van der Waals surface area contributed by atoms with Crippen LogP contribution in [0.1, 0.15) is 51.4 Å². The summed E-state index contributed by atoms with van der Waals surface area (Å²) in [7, 11) is 0. The maximum atomic E-state index is 9.26. The van der Waals surface area contributed by atoms with Crippen LogP contribution in [0.2, 0.25) is 0 Å². The van der Waals surface area contributed by atoms with Crippen LogP contribution in [0.3, 0.4) is 0 Å². The molecule has 0 atom stereocenters.